The van der Waals surface area contributed by atoms with Gasteiger partial charge in [-0.15, -0.1) is 0 Å². The molecule has 0 aliphatic heterocycles. The molecule has 0 bridgehead atoms. The number of nitrogens with zero attached hydrogens (tertiary/aromatic N) is 1. The molecule has 0 radical (unpaired) electrons. The molecule has 0 aliphatic rings. The predicted octanol–water partition coefficient (Wildman–Crippen LogP) is 3.49. The van der Waals surface area contributed by atoms with E-state index in [4.69, 9.17) is 0 Å². The van der Waals surface area contributed by atoms with Crippen LogP contribution >= 0.6 is 31.9 Å². The van der Waals surface area contributed by atoms with Gasteiger partial charge in [-0.2, -0.15) is 0 Å². The molecule has 0 aromatic carbocycles. The normalized spacial score (nSPS) is 10.6. The Kier molecular flexibility index (Phi) is 4.12. The van der Waals surface area contributed by atoms with E-state index < -0.39 is 6.43 Å². The lowest BCUT2D eigenvalue weighted by molar-refractivity contribution is 0.110. The number of hydrogen-bond acceptors (Lipinski definition) is 2. The van der Waals surface area contributed by atoms with Crippen molar-refractivity contribution in [1.29, 1.82) is 0 Å². The van der Waals surface area contributed by atoms with Gasteiger partial charge in [-0.3, -0.25) is 4.79 Å². The molecule has 76 valence electrons. The van der Waals surface area contributed by atoms with E-state index in [-0.39, 0.29) is 11.1 Å². The number of hydrogen-bond donors (Lipinski definition) is 0. The molecule has 0 N–H and O–H groups in total. The first-order chi connectivity index (χ1) is 6.61. The smallest absolute Gasteiger partial charge is 0.266 e. The summed E-state index contributed by atoms with van der Waals surface area (Å²) in [6.45, 7) is 0. The molecule has 0 saturated carbocycles. The molecule has 0 saturated heterocycles. The van der Waals surface area contributed by atoms with Crippen LogP contribution in [0, 0.1) is 0 Å². The number of rotatable bonds is 3. The van der Waals surface area contributed by atoms with Gasteiger partial charge >= 0.3 is 0 Å². The van der Waals surface area contributed by atoms with E-state index in [1.54, 1.807) is 0 Å². The van der Waals surface area contributed by atoms with Crippen LogP contribution in [-0.4, -0.2) is 11.3 Å². The number of carbonyl (C=O) groups excluding carboxylic acids is 1. The lowest BCUT2D eigenvalue weighted by atomic mass is 10.1. The highest BCUT2D eigenvalue weighted by atomic mass is 79.9. The zero-order valence-corrected chi connectivity index (χ0v) is 9.98. The monoisotopic (exact) mass is 327 g/mol. The highest BCUT2D eigenvalue weighted by molar-refractivity contribution is 9.10. The number of aromatic nitrogens is 1. The molecule has 2 nitrogen and oxygen atoms in total. The van der Waals surface area contributed by atoms with E-state index in [1.807, 2.05) is 0 Å². The Balaban J connectivity index is 3.40. The molecule has 1 heterocycles. The molecule has 0 aliphatic carbocycles. The van der Waals surface area contributed by atoms with Crippen LogP contribution in [0.3, 0.4) is 0 Å². The van der Waals surface area contributed by atoms with Gasteiger partial charge in [-0.25, -0.2) is 13.8 Å². The first-order valence-corrected chi connectivity index (χ1v) is 5.49. The van der Waals surface area contributed by atoms with Crippen LogP contribution in [0.25, 0.3) is 0 Å². The maximum Gasteiger partial charge on any atom is 0.266 e. The van der Waals surface area contributed by atoms with E-state index >= 15 is 0 Å². The van der Waals surface area contributed by atoms with Gasteiger partial charge in [-0.05, 0) is 15.9 Å². The Morgan fingerprint density at radius 3 is 2.64 bits per heavy atom. The van der Waals surface area contributed by atoms with Crippen LogP contribution in [0.5, 0.6) is 0 Å². The Bertz CT molecular complexity index is 357. The first kappa shape index (κ1) is 11.7. The average molecular weight is 329 g/mol. The van der Waals surface area contributed by atoms with Gasteiger partial charge in [0.2, 0.25) is 0 Å². The number of pyridine rings is 1. The molecule has 0 amide bonds. The lowest BCUT2D eigenvalue weighted by Gasteiger charge is -2.08. The van der Waals surface area contributed by atoms with Crippen LogP contribution < -0.4 is 0 Å². The van der Waals surface area contributed by atoms with Crippen LogP contribution in [0.2, 0.25) is 0 Å². The number of aldehydes is 1. The Morgan fingerprint density at radius 2 is 2.21 bits per heavy atom. The van der Waals surface area contributed by atoms with Crippen molar-refractivity contribution in [3.8, 4) is 0 Å². The van der Waals surface area contributed by atoms with Crippen molar-refractivity contribution in [2.24, 2.45) is 0 Å². The third-order valence-corrected chi connectivity index (χ3v) is 2.93. The second-order valence-corrected chi connectivity index (χ2v) is 3.76. The van der Waals surface area contributed by atoms with Gasteiger partial charge in [0, 0.05) is 28.2 Å². The van der Waals surface area contributed by atoms with Crippen molar-refractivity contribution in [3.05, 3.63) is 27.5 Å². The lowest BCUT2D eigenvalue weighted by Crippen LogP contribution is -2.01. The summed E-state index contributed by atoms with van der Waals surface area (Å²) in [5.41, 5.74) is 0.106. The standard InChI is InChI=1S/C8H5Br2F2NO/c9-1-4-6(3-14)5(8(11)12)2-13-7(4)10/h2-3,8H,1H2. The van der Waals surface area contributed by atoms with Crippen molar-refractivity contribution < 1.29 is 13.6 Å². The molecule has 0 atom stereocenters. The minimum atomic E-state index is -2.69. The SMILES string of the molecule is O=Cc1c(C(F)F)cnc(Br)c1CBr. The maximum absolute atomic E-state index is 12.4. The molecule has 6 heteroatoms. The van der Waals surface area contributed by atoms with Crippen LogP contribution in [0.1, 0.15) is 27.9 Å². The highest BCUT2D eigenvalue weighted by Gasteiger charge is 2.18. The summed E-state index contributed by atoms with van der Waals surface area (Å²) >= 11 is 6.20. The highest BCUT2D eigenvalue weighted by Crippen LogP contribution is 2.28. The minimum absolute atomic E-state index is 0.00116. The van der Waals surface area contributed by atoms with Crippen LogP contribution in [0.15, 0.2) is 10.8 Å². The van der Waals surface area contributed by atoms with E-state index in [1.165, 1.54) is 0 Å². The molecule has 1 rings (SSSR count). The zero-order chi connectivity index (χ0) is 10.7. The van der Waals surface area contributed by atoms with Gasteiger partial charge < -0.3 is 0 Å². The van der Waals surface area contributed by atoms with E-state index in [0.717, 1.165) is 6.20 Å². The first-order valence-electron chi connectivity index (χ1n) is 3.58. The molecule has 1 aromatic heterocycles. The summed E-state index contributed by atoms with van der Waals surface area (Å²) in [7, 11) is 0. The molecule has 0 spiro atoms. The van der Waals surface area contributed by atoms with Crippen LogP contribution in [-0.2, 0) is 5.33 Å². The average Bonchev–Trinajstić information content (AvgIpc) is 2.16. The summed E-state index contributed by atoms with van der Waals surface area (Å²) in [6, 6.07) is 0. The Labute approximate surface area is 96.0 Å². The number of alkyl halides is 3. The number of carbonyl (C=O) groups is 1. The fourth-order valence-corrected chi connectivity index (χ4v) is 2.40. The second-order valence-electron chi connectivity index (χ2n) is 2.45. The Hall–Kier alpha value is -0.360. The van der Waals surface area contributed by atoms with Gasteiger partial charge in [-0.1, -0.05) is 15.9 Å². The predicted molar refractivity (Wildman–Crippen MR) is 54.9 cm³/mol. The third-order valence-electron chi connectivity index (χ3n) is 1.69. The van der Waals surface area contributed by atoms with Crippen molar-refractivity contribution in [1.82, 2.24) is 4.98 Å². The minimum Gasteiger partial charge on any atom is -0.298 e. The summed E-state index contributed by atoms with van der Waals surface area (Å²) in [4.78, 5) is 14.4. The van der Waals surface area contributed by atoms with Crippen molar-refractivity contribution in [2.45, 2.75) is 11.8 Å². The third kappa shape index (κ3) is 2.17. The van der Waals surface area contributed by atoms with E-state index in [9.17, 15) is 13.6 Å². The molecular formula is C8H5Br2F2NO. The summed E-state index contributed by atoms with van der Waals surface area (Å²) in [6.07, 6.45) is -1.26. The topological polar surface area (TPSA) is 30.0 Å². The summed E-state index contributed by atoms with van der Waals surface area (Å²) in [5, 5.41) is 0.301. The van der Waals surface area contributed by atoms with Crippen molar-refractivity contribution in [2.75, 3.05) is 0 Å². The van der Waals surface area contributed by atoms with Gasteiger partial charge in [0.15, 0.2) is 6.29 Å². The van der Waals surface area contributed by atoms with E-state index in [2.05, 4.69) is 36.8 Å². The Morgan fingerprint density at radius 1 is 1.57 bits per heavy atom. The molecule has 0 unspecified atom stereocenters. The molecular weight excluding hydrogens is 324 g/mol. The van der Waals surface area contributed by atoms with Crippen LogP contribution in [0.4, 0.5) is 8.78 Å². The van der Waals surface area contributed by atoms with E-state index in [0.29, 0.717) is 21.8 Å². The molecule has 0 fully saturated rings. The fourth-order valence-electron chi connectivity index (χ4n) is 0.999. The second kappa shape index (κ2) is 4.93. The molecule has 14 heavy (non-hydrogen) atoms. The van der Waals surface area contributed by atoms with Gasteiger partial charge in [0.1, 0.15) is 4.60 Å². The summed E-state index contributed by atoms with van der Waals surface area (Å²) < 4.78 is 25.3. The van der Waals surface area contributed by atoms with Gasteiger partial charge in [0.05, 0.1) is 0 Å². The van der Waals surface area contributed by atoms with Crippen molar-refractivity contribution in [3.63, 3.8) is 0 Å². The fraction of sp³-hybridized carbons (Fsp3) is 0.250. The number of halogens is 4. The largest absolute Gasteiger partial charge is 0.298 e. The molecule has 1 aromatic rings. The summed E-state index contributed by atoms with van der Waals surface area (Å²) in [5.74, 6) is 0. The quantitative estimate of drug-likeness (QED) is 0.483. The van der Waals surface area contributed by atoms with Crippen molar-refractivity contribution >= 4 is 38.1 Å². The van der Waals surface area contributed by atoms with Gasteiger partial charge in [0.25, 0.3) is 6.43 Å². The zero-order valence-electron chi connectivity index (χ0n) is 6.81. The maximum atomic E-state index is 12.4.